The Hall–Kier alpha value is -5.46. The zero-order valence-corrected chi connectivity index (χ0v) is 25.3. The van der Waals surface area contributed by atoms with Crippen LogP contribution in [0, 0.1) is 0 Å². The van der Waals surface area contributed by atoms with E-state index >= 15 is 0 Å². The Morgan fingerprint density at radius 1 is 0.283 bits per heavy atom. The Morgan fingerprint density at radius 2 is 0.609 bits per heavy atom. The van der Waals surface area contributed by atoms with E-state index in [1.165, 1.54) is 88.3 Å². The average molecular weight is 583 g/mol. The second-order valence-electron chi connectivity index (χ2n) is 13.6. The van der Waals surface area contributed by atoms with Gasteiger partial charge in [-0.25, -0.2) is 0 Å². The molecule has 46 heavy (non-hydrogen) atoms. The van der Waals surface area contributed by atoms with Gasteiger partial charge >= 0.3 is 0 Å². The largest absolute Gasteiger partial charge is 0.0613 e. The molecule has 0 nitrogen and oxygen atoms in total. The summed E-state index contributed by atoms with van der Waals surface area (Å²) in [5, 5.41) is 5.71. The molecule has 0 spiro atoms. The van der Waals surface area contributed by atoms with Crippen molar-refractivity contribution in [2.24, 2.45) is 0 Å². The first-order valence-electron chi connectivity index (χ1n) is 16.6. The quantitative estimate of drug-likeness (QED) is 0.181. The molecule has 11 rings (SSSR count). The summed E-state index contributed by atoms with van der Waals surface area (Å²) in [4.78, 5) is 0. The van der Waals surface area contributed by atoms with Crippen LogP contribution in [0.4, 0.5) is 0 Å². The summed E-state index contributed by atoms with van der Waals surface area (Å²) in [6.07, 6.45) is 9.00. The molecule has 0 heterocycles. The highest BCUT2D eigenvalue weighted by Crippen LogP contribution is 2.62. The maximum atomic E-state index is 2.41. The zero-order valence-electron chi connectivity index (χ0n) is 25.3. The lowest BCUT2D eigenvalue weighted by Gasteiger charge is -2.36. The Labute approximate surface area is 269 Å². The molecule has 0 N–H and O–H groups in total. The van der Waals surface area contributed by atoms with Gasteiger partial charge in [-0.1, -0.05) is 158 Å². The molecule has 4 unspecified atom stereocenters. The molecule has 0 fully saturated rings. The zero-order chi connectivity index (χ0) is 29.9. The lowest BCUT2D eigenvalue weighted by atomic mass is 9.66. The third-order valence-corrected chi connectivity index (χ3v) is 11.4. The highest BCUT2D eigenvalue weighted by Gasteiger charge is 2.46. The number of benzene rings is 7. The van der Waals surface area contributed by atoms with E-state index in [0.717, 1.165) is 0 Å². The van der Waals surface area contributed by atoms with Crippen LogP contribution >= 0.6 is 0 Å². The first-order valence-corrected chi connectivity index (χ1v) is 16.6. The fourth-order valence-electron chi connectivity index (χ4n) is 9.35. The molecule has 0 aliphatic heterocycles. The van der Waals surface area contributed by atoms with Gasteiger partial charge in [-0.2, -0.15) is 0 Å². The summed E-state index contributed by atoms with van der Waals surface area (Å²) in [5.74, 6) is 2.05. The van der Waals surface area contributed by atoms with Crippen LogP contribution in [0.2, 0.25) is 0 Å². The molecule has 7 aromatic carbocycles. The van der Waals surface area contributed by atoms with Crippen molar-refractivity contribution in [2.75, 3.05) is 0 Å². The van der Waals surface area contributed by atoms with Crippen molar-refractivity contribution in [3.63, 3.8) is 0 Å². The minimum Gasteiger partial charge on any atom is -0.0613 e. The first-order chi connectivity index (χ1) is 22.8. The summed E-state index contributed by atoms with van der Waals surface area (Å²) >= 11 is 0. The van der Waals surface area contributed by atoms with Crippen molar-refractivity contribution in [3.8, 4) is 0 Å². The molecular weight excluding hydrogens is 553 g/mol. The third-order valence-electron chi connectivity index (χ3n) is 11.4. The van der Waals surface area contributed by atoms with Gasteiger partial charge in [0.15, 0.2) is 0 Å². The molecule has 214 valence electrons. The van der Waals surface area contributed by atoms with Crippen molar-refractivity contribution in [1.29, 1.82) is 0 Å². The normalized spacial score (nSPS) is 20.9. The first kappa shape index (κ1) is 24.8. The van der Waals surface area contributed by atoms with E-state index < -0.39 is 0 Å². The van der Waals surface area contributed by atoms with Crippen LogP contribution in [0.3, 0.4) is 0 Å². The molecule has 0 bridgehead atoms. The van der Waals surface area contributed by atoms with Crippen LogP contribution in [-0.2, 0) is 0 Å². The number of fused-ring (bicyclic) bond motifs is 12. The van der Waals surface area contributed by atoms with Gasteiger partial charge < -0.3 is 0 Å². The van der Waals surface area contributed by atoms with Crippen LogP contribution in [0.25, 0.3) is 45.8 Å². The van der Waals surface area contributed by atoms with Gasteiger partial charge in [0.25, 0.3) is 0 Å². The Morgan fingerprint density at radius 3 is 1.00 bits per heavy atom. The van der Waals surface area contributed by atoms with Crippen molar-refractivity contribution in [1.82, 2.24) is 0 Å². The van der Waals surface area contributed by atoms with E-state index in [1.54, 1.807) is 0 Å². The SMILES string of the molecule is C(=C\c1ccc2c(c1)C1c3cccc4cccc(c34)C21)/c1ccc(/C=C/c2ccc3c(c2)C2c4cccc5cccc(c45)C32)cc1. The molecule has 4 aliphatic carbocycles. The number of rotatable bonds is 4. The van der Waals surface area contributed by atoms with Crippen LogP contribution in [-0.4, -0.2) is 0 Å². The highest BCUT2D eigenvalue weighted by molar-refractivity contribution is 5.96. The Kier molecular flexibility index (Phi) is 4.88. The predicted octanol–water partition coefficient (Wildman–Crippen LogP) is 11.5. The van der Waals surface area contributed by atoms with Gasteiger partial charge in [-0.05, 0) is 88.3 Å². The van der Waals surface area contributed by atoms with Crippen molar-refractivity contribution < 1.29 is 0 Å². The summed E-state index contributed by atoms with van der Waals surface area (Å²) in [6, 6.07) is 50.2. The number of hydrogen-bond acceptors (Lipinski definition) is 0. The van der Waals surface area contributed by atoms with Crippen molar-refractivity contribution >= 4 is 45.8 Å². The van der Waals surface area contributed by atoms with E-state index in [-0.39, 0.29) is 0 Å². The van der Waals surface area contributed by atoms with Gasteiger partial charge in [-0.15, -0.1) is 0 Å². The second-order valence-corrected chi connectivity index (χ2v) is 13.6. The monoisotopic (exact) mass is 582 g/mol. The van der Waals surface area contributed by atoms with Gasteiger partial charge in [0, 0.05) is 23.7 Å². The Bertz CT molecular complexity index is 2300. The van der Waals surface area contributed by atoms with Crippen LogP contribution in [0.1, 0.15) is 90.4 Å². The Balaban J connectivity index is 0.816. The molecule has 0 radical (unpaired) electrons. The summed E-state index contributed by atoms with van der Waals surface area (Å²) in [6.45, 7) is 0. The summed E-state index contributed by atoms with van der Waals surface area (Å²) in [5.41, 5.74) is 17.0. The fourth-order valence-corrected chi connectivity index (χ4v) is 9.35. The maximum absolute atomic E-state index is 2.41. The molecular formula is C46H30. The van der Waals surface area contributed by atoms with Gasteiger partial charge in [0.1, 0.15) is 0 Å². The molecule has 0 saturated carbocycles. The molecule has 4 aliphatic rings. The van der Waals surface area contributed by atoms with Crippen molar-refractivity contribution in [2.45, 2.75) is 23.7 Å². The van der Waals surface area contributed by atoms with Gasteiger partial charge in [-0.3, -0.25) is 0 Å². The molecule has 7 aromatic rings. The summed E-state index contributed by atoms with van der Waals surface area (Å²) in [7, 11) is 0. The van der Waals surface area contributed by atoms with E-state index in [1.807, 2.05) is 0 Å². The minimum absolute atomic E-state index is 0.502. The van der Waals surface area contributed by atoms with Crippen molar-refractivity contribution in [3.05, 3.63) is 200 Å². The lowest BCUT2D eigenvalue weighted by Crippen LogP contribution is -2.22. The van der Waals surface area contributed by atoms with Crippen LogP contribution in [0.5, 0.6) is 0 Å². The number of hydrogen-bond donors (Lipinski definition) is 0. The second kappa shape index (κ2) is 9.05. The highest BCUT2D eigenvalue weighted by atomic mass is 14.5. The van der Waals surface area contributed by atoms with E-state index in [0.29, 0.717) is 23.7 Å². The predicted molar refractivity (Wildman–Crippen MR) is 192 cm³/mol. The van der Waals surface area contributed by atoms with Crippen LogP contribution in [0.15, 0.2) is 133 Å². The molecule has 4 atom stereocenters. The van der Waals surface area contributed by atoms with Crippen LogP contribution < -0.4 is 0 Å². The average Bonchev–Trinajstić information content (AvgIpc) is 3.54. The fraction of sp³-hybridized carbons (Fsp3) is 0.0870. The maximum Gasteiger partial charge on any atom is 0.0208 e. The van der Waals surface area contributed by atoms with E-state index in [2.05, 4.69) is 158 Å². The summed E-state index contributed by atoms with van der Waals surface area (Å²) < 4.78 is 0. The smallest absolute Gasteiger partial charge is 0.0208 e. The lowest BCUT2D eigenvalue weighted by molar-refractivity contribution is 0.636. The van der Waals surface area contributed by atoms with E-state index in [9.17, 15) is 0 Å². The molecule has 0 saturated heterocycles. The topological polar surface area (TPSA) is 0 Å². The molecule has 0 amide bonds. The minimum atomic E-state index is 0.502. The van der Waals surface area contributed by atoms with E-state index in [4.69, 9.17) is 0 Å². The standard InChI is InChI=1S/C46H30/c1-5-31-7-3-11-37-41(31)35(9-1)43-33-23-21-29(25-39(33)45(37)43)19-17-27-13-15-28(16-14-27)18-20-30-22-24-34-40(26-30)46-38-12-4-8-32-6-2-10-36(42(32)38)44(34)46/h1-26,43-46H/b19-17+,20-18+. The molecule has 0 aromatic heterocycles. The third kappa shape index (κ3) is 3.29. The van der Waals surface area contributed by atoms with Gasteiger partial charge in [0.05, 0.1) is 0 Å². The van der Waals surface area contributed by atoms with Gasteiger partial charge in [0.2, 0.25) is 0 Å². The molecule has 0 heteroatoms.